The smallest absolute Gasteiger partial charge is 0.255 e. The van der Waals surface area contributed by atoms with E-state index in [0.717, 1.165) is 16.8 Å². The first-order valence-electron chi connectivity index (χ1n) is 9.04. The van der Waals surface area contributed by atoms with Crippen LogP contribution in [-0.4, -0.2) is 14.3 Å². The van der Waals surface area contributed by atoms with Crippen molar-refractivity contribution in [2.24, 2.45) is 0 Å². The fraction of sp³-hybridized carbons (Fsp3) is 0.174. The quantitative estimate of drug-likeness (QED) is 0.662. The summed E-state index contributed by atoms with van der Waals surface area (Å²) in [7, 11) is -3.28. The van der Waals surface area contributed by atoms with Crippen molar-refractivity contribution in [1.82, 2.24) is 0 Å². The van der Waals surface area contributed by atoms with Crippen LogP contribution in [0.2, 0.25) is 0 Å². The largest absolute Gasteiger partial charge is 0.322 e. The molecule has 0 saturated heterocycles. The lowest BCUT2D eigenvalue weighted by atomic mass is 10.1. The van der Waals surface area contributed by atoms with Gasteiger partial charge in [0.1, 0.15) is 0 Å². The molecule has 144 valence electrons. The normalized spacial score (nSPS) is 11.2. The fourth-order valence-corrected chi connectivity index (χ4v) is 4.41. The molecule has 0 unspecified atom stereocenters. The van der Waals surface area contributed by atoms with E-state index in [1.165, 1.54) is 5.56 Å². The van der Waals surface area contributed by atoms with Crippen LogP contribution < -0.4 is 5.32 Å². The third-order valence-electron chi connectivity index (χ3n) is 4.60. The number of sulfone groups is 1. The number of hydrogen-bond acceptors (Lipinski definition) is 3. The molecule has 0 fully saturated rings. The molecule has 1 amide bonds. The van der Waals surface area contributed by atoms with E-state index in [1.807, 2.05) is 50.2 Å². The number of carbonyl (C=O) groups excluding carboxylic acids is 1. The van der Waals surface area contributed by atoms with Gasteiger partial charge in [-0.1, -0.05) is 48.5 Å². The topological polar surface area (TPSA) is 63.2 Å². The number of hydrogen-bond donors (Lipinski definition) is 1. The van der Waals surface area contributed by atoms with Crippen molar-refractivity contribution in [3.63, 3.8) is 0 Å². The van der Waals surface area contributed by atoms with E-state index in [-0.39, 0.29) is 17.4 Å². The zero-order valence-corrected chi connectivity index (χ0v) is 16.8. The number of benzene rings is 3. The highest BCUT2D eigenvalue weighted by atomic mass is 32.2. The molecule has 0 heterocycles. The molecule has 4 nitrogen and oxygen atoms in total. The first-order chi connectivity index (χ1) is 13.3. The number of aryl methyl sites for hydroxylation is 2. The number of carbonyl (C=O) groups is 1. The summed E-state index contributed by atoms with van der Waals surface area (Å²) in [5, 5.41) is 2.87. The minimum atomic E-state index is -3.28. The van der Waals surface area contributed by atoms with Crippen LogP contribution in [0.4, 0.5) is 5.69 Å². The maximum absolute atomic E-state index is 12.4. The number of anilines is 1. The molecule has 1 N–H and O–H groups in total. The molecular formula is C23H23NO3S. The van der Waals surface area contributed by atoms with Gasteiger partial charge < -0.3 is 5.32 Å². The molecular weight excluding hydrogens is 370 g/mol. The van der Waals surface area contributed by atoms with Crippen molar-refractivity contribution in [2.75, 3.05) is 5.32 Å². The van der Waals surface area contributed by atoms with Crippen LogP contribution in [0.15, 0.2) is 72.8 Å². The molecule has 0 aliphatic rings. The molecule has 0 saturated carbocycles. The van der Waals surface area contributed by atoms with Crippen LogP contribution in [0.1, 0.15) is 32.6 Å². The van der Waals surface area contributed by atoms with Crippen molar-refractivity contribution in [2.45, 2.75) is 25.4 Å². The maximum Gasteiger partial charge on any atom is 0.255 e. The van der Waals surface area contributed by atoms with Gasteiger partial charge >= 0.3 is 0 Å². The molecule has 28 heavy (non-hydrogen) atoms. The first-order valence-corrected chi connectivity index (χ1v) is 10.9. The lowest BCUT2D eigenvalue weighted by molar-refractivity contribution is 0.102. The van der Waals surface area contributed by atoms with Gasteiger partial charge in [0.05, 0.1) is 11.5 Å². The standard InChI is InChI=1S/C23H23NO3S/c1-17-8-13-22(14-18(17)2)24-23(25)21-11-9-20(10-12-21)16-28(26,27)15-19-6-4-3-5-7-19/h3-14H,15-16H2,1-2H3,(H,24,25). The molecule has 3 rings (SSSR count). The van der Waals surface area contributed by atoms with Gasteiger partial charge in [-0.2, -0.15) is 0 Å². The molecule has 0 atom stereocenters. The lowest BCUT2D eigenvalue weighted by Crippen LogP contribution is -2.12. The Morgan fingerprint density at radius 2 is 1.39 bits per heavy atom. The molecule has 5 heteroatoms. The van der Waals surface area contributed by atoms with Gasteiger partial charge in [-0.3, -0.25) is 4.79 Å². The Morgan fingerprint density at radius 3 is 2.00 bits per heavy atom. The monoisotopic (exact) mass is 393 g/mol. The van der Waals surface area contributed by atoms with E-state index < -0.39 is 9.84 Å². The molecule has 0 aliphatic carbocycles. The van der Waals surface area contributed by atoms with Crippen LogP contribution in [0.25, 0.3) is 0 Å². The van der Waals surface area contributed by atoms with E-state index in [4.69, 9.17) is 0 Å². The third kappa shape index (κ3) is 5.30. The van der Waals surface area contributed by atoms with Gasteiger partial charge in [0.15, 0.2) is 9.84 Å². The Balaban J connectivity index is 1.65. The number of nitrogens with one attached hydrogen (secondary N) is 1. The fourth-order valence-electron chi connectivity index (χ4n) is 2.91. The maximum atomic E-state index is 12.4. The average molecular weight is 394 g/mol. The lowest BCUT2D eigenvalue weighted by Gasteiger charge is -2.09. The summed E-state index contributed by atoms with van der Waals surface area (Å²) in [5.41, 5.74) is 4.94. The molecule has 3 aromatic carbocycles. The summed E-state index contributed by atoms with van der Waals surface area (Å²) in [5.74, 6) is -0.272. The molecule has 0 bridgehead atoms. The molecule has 0 aliphatic heterocycles. The van der Waals surface area contributed by atoms with Gasteiger partial charge in [0.2, 0.25) is 0 Å². The van der Waals surface area contributed by atoms with E-state index in [1.54, 1.807) is 36.4 Å². The van der Waals surface area contributed by atoms with Crippen molar-refractivity contribution in [3.05, 3.63) is 101 Å². The highest BCUT2D eigenvalue weighted by Crippen LogP contribution is 2.17. The summed E-state index contributed by atoms with van der Waals surface area (Å²) in [6, 6.07) is 21.6. The average Bonchev–Trinajstić information content (AvgIpc) is 2.65. The highest BCUT2D eigenvalue weighted by Gasteiger charge is 2.14. The van der Waals surface area contributed by atoms with Crippen molar-refractivity contribution in [1.29, 1.82) is 0 Å². The van der Waals surface area contributed by atoms with Gasteiger partial charge in [0, 0.05) is 11.3 Å². The van der Waals surface area contributed by atoms with Crippen LogP contribution in [-0.2, 0) is 21.3 Å². The Kier molecular flexibility index (Phi) is 5.95. The Labute approximate surface area is 166 Å². The Hall–Kier alpha value is -2.92. The van der Waals surface area contributed by atoms with E-state index in [0.29, 0.717) is 11.1 Å². The summed E-state index contributed by atoms with van der Waals surface area (Å²) < 4.78 is 24.8. The van der Waals surface area contributed by atoms with Crippen LogP contribution >= 0.6 is 0 Å². The summed E-state index contributed by atoms with van der Waals surface area (Å²) >= 11 is 0. The molecule has 0 spiro atoms. The second-order valence-electron chi connectivity index (χ2n) is 6.97. The first kappa shape index (κ1) is 19.8. The molecule has 0 radical (unpaired) electrons. The minimum absolute atomic E-state index is 0.00283. The van der Waals surface area contributed by atoms with Crippen molar-refractivity contribution >= 4 is 21.4 Å². The minimum Gasteiger partial charge on any atom is -0.322 e. The summed E-state index contributed by atoms with van der Waals surface area (Å²) in [4.78, 5) is 12.4. The predicted molar refractivity (Wildman–Crippen MR) is 113 cm³/mol. The van der Waals surface area contributed by atoms with Gasteiger partial charge in [-0.25, -0.2) is 8.42 Å². The van der Waals surface area contributed by atoms with E-state index in [9.17, 15) is 13.2 Å². The predicted octanol–water partition coefficient (Wildman–Crippen LogP) is 4.67. The van der Waals surface area contributed by atoms with Crippen LogP contribution in [0.3, 0.4) is 0 Å². The highest BCUT2D eigenvalue weighted by molar-refractivity contribution is 7.89. The van der Waals surface area contributed by atoms with Crippen molar-refractivity contribution < 1.29 is 13.2 Å². The molecule has 3 aromatic rings. The van der Waals surface area contributed by atoms with Crippen molar-refractivity contribution in [3.8, 4) is 0 Å². The SMILES string of the molecule is Cc1ccc(NC(=O)c2ccc(CS(=O)(=O)Cc3ccccc3)cc2)cc1C. The second-order valence-corrected chi connectivity index (χ2v) is 9.03. The summed E-state index contributed by atoms with van der Waals surface area (Å²) in [6.45, 7) is 4.02. The molecule has 0 aromatic heterocycles. The van der Waals surface area contributed by atoms with Gasteiger partial charge in [-0.05, 0) is 60.4 Å². The summed E-state index contributed by atoms with van der Waals surface area (Å²) in [6.07, 6.45) is 0. The van der Waals surface area contributed by atoms with Gasteiger partial charge in [-0.15, -0.1) is 0 Å². The zero-order chi connectivity index (χ0) is 20.1. The van der Waals surface area contributed by atoms with E-state index in [2.05, 4.69) is 5.32 Å². The van der Waals surface area contributed by atoms with E-state index >= 15 is 0 Å². The van der Waals surface area contributed by atoms with Gasteiger partial charge in [0.25, 0.3) is 5.91 Å². The zero-order valence-electron chi connectivity index (χ0n) is 16.0. The van der Waals surface area contributed by atoms with Crippen LogP contribution in [0.5, 0.6) is 0 Å². The number of amides is 1. The Bertz CT molecular complexity index is 1070. The third-order valence-corrected chi connectivity index (χ3v) is 6.14. The second kappa shape index (κ2) is 8.40. The Morgan fingerprint density at radius 1 is 0.786 bits per heavy atom. The number of rotatable bonds is 6. The van der Waals surface area contributed by atoms with Crippen LogP contribution in [0, 0.1) is 13.8 Å².